The molecule has 2 rings (SSSR count). The van der Waals surface area contributed by atoms with Crippen molar-refractivity contribution in [3.63, 3.8) is 0 Å². The number of anilines is 2. The van der Waals surface area contributed by atoms with E-state index >= 15 is 0 Å². The number of hydrogen-bond donors (Lipinski definition) is 1. The van der Waals surface area contributed by atoms with E-state index in [0.717, 1.165) is 39.1 Å². The minimum absolute atomic E-state index is 0.0520. The highest BCUT2D eigenvalue weighted by Gasteiger charge is 2.25. The first-order valence-electron chi connectivity index (χ1n) is 9.45. The van der Waals surface area contributed by atoms with Gasteiger partial charge in [-0.05, 0) is 38.9 Å². The molecule has 1 aliphatic heterocycles. The van der Waals surface area contributed by atoms with Gasteiger partial charge in [0.2, 0.25) is 0 Å². The zero-order valence-corrected chi connectivity index (χ0v) is 16.7. The molecule has 0 radical (unpaired) electrons. The van der Waals surface area contributed by atoms with Crippen LogP contribution in [0.2, 0.25) is 0 Å². The summed E-state index contributed by atoms with van der Waals surface area (Å²) in [5, 5.41) is 0. The number of pyridine rings is 1. The van der Waals surface area contributed by atoms with Gasteiger partial charge in [0.1, 0.15) is 11.6 Å². The fourth-order valence-electron chi connectivity index (χ4n) is 2.80. The molecule has 0 unspecified atom stereocenters. The summed E-state index contributed by atoms with van der Waals surface area (Å²) in [4.78, 5) is 23.7. The van der Waals surface area contributed by atoms with E-state index in [4.69, 9.17) is 5.73 Å². The lowest BCUT2D eigenvalue weighted by atomic mass is 10.1. The van der Waals surface area contributed by atoms with E-state index in [2.05, 4.69) is 30.7 Å². The molecule has 1 fully saturated rings. The van der Waals surface area contributed by atoms with Gasteiger partial charge in [0, 0.05) is 39.3 Å². The number of hydrogen-bond acceptors (Lipinski definition) is 5. The van der Waals surface area contributed by atoms with Crippen LogP contribution in [0.4, 0.5) is 11.6 Å². The summed E-state index contributed by atoms with van der Waals surface area (Å²) in [7, 11) is 1.95. The average molecular weight is 350 g/mol. The second-order valence-electron chi connectivity index (χ2n) is 6.45. The van der Waals surface area contributed by atoms with Gasteiger partial charge >= 0.3 is 0 Å². The molecule has 0 aliphatic carbocycles. The van der Waals surface area contributed by atoms with Crippen LogP contribution in [-0.4, -0.2) is 66.5 Å². The summed E-state index contributed by atoms with van der Waals surface area (Å²) < 4.78 is 0. The van der Waals surface area contributed by atoms with Crippen LogP contribution in [0.25, 0.3) is 0 Å². The van der Waals surface area contributed by atoms with E-state index in [1.807, 2.05) is 30.7 Å². The molecule has 25 heavy (non-hydrogen) atoms. The summed E-state index contributed by atoms with van der Waals surface area (Å²) in [5.41, 5.74) is 6.46. The van der Waals surface area contributed by atoms with Crippen molar-refractivity contribution >= 4 is 17.5 Å². The highest BCUT2D eigenvalue weighted by molar-refractivity contribution is 5.99. The van der Waals surface area contributed by atoms with Crippen molar-refractivity contribution in [2.75, 3.05) is 50.4 Å². The molecule has 1 aromatic rings. The predicted molar refractivity (Wildman–Crippen MR) is 106 cm³/mol. The van der Waals surface area contributed by atoms with Gasteiger partial charge in [0.05, 0.1) is 5.56 Å². The van der Waals surface area contributed by atoms with Gasteiger partial charge < -0.3 is 15.5 Å². The quantitative estimate of drug-likeness (QED) is 0.885. The molecule has 0 aromatic carbocycles. The molecule has 6 heteroatoms. The van der Waals surface area contributed by atoms with Gasteiger partial charge in [-0.1, -0.05) is 20.8 Å². The maximum absolute atomic E-state index is 12.9. The Balaban J connectivity index is 0.00000151. The van der Waals surface area contributed by atoms with Gasteiger partial charge in [0.15, 0.2) is 0 Å². The lowest BCUT2D eigenvalue weighted by Gasteiger charge is -2.35. The zero-order valence-electron chi connectivity index (χ0n) is 16.7. The van der Waals surface area contributed by atoms with Crippen molar-refractivity contribution in [2.45, 2.75) is 47.1 Å². The van der Waals surface area contributed by atoms with Crippen LogP contribution in [0.5, 0.6) is 0 Å². The van der Waals surface area contributed by atoms with Gasteiger partial charge in [-0.15, -0.1) is 0 Å². The number of piperazine rings is 1. The fraction of sp³-hybridized carbons (Fsp3) is 0.684. The summed E-state index contributed by atoms with van der Waals surface area (Å²) in [5.74, 6) is 1.16. The number of amides is 1. The normalized spacial score (nSPS) is 14.9. The zero-order chi connectivity index (χ0) is 19.0. The van der Waals surface area contributed by atoms with E-state index in [9.17, 15) is 4.79 Å². The van der Waals surface area contributed by atoms with Crippen LogP contribution < -0.4 is 10.6 Å². The Morgan fingerprint density at radius 3 is 2.36 bits per heavy atom. The van der Waals surface area contributed by atoms with Gasteiger partial charge in [-0.25, -0.2) is 4.98 Å². The van der Waals surface area contributed by atoms with Gasteiger partial charge in [-0.2, -0.15) is 0 Å². The van der Waals surface area contributed by atoms with Crippen LogP contribution in [0.15, 0.2) is 12.1 Å². The topological polar surface area (TPSA) is 65.7 Å². The van der Waals surface area contributed by atoms with Crippen LogP contribution in [0, 0.1) is 0 Å². The number of rotatable bonds is 5. The Hall–Kier alpha value is -1.82. The maximum atomic E-state index is 12.9. The molecular weight excluding hydrogens is 314 g/mol. The number of nitrogens with two attached hydrogens (primary N) is 1. The third-order valence-corrected chi connectivity index (χ3v) is 4.44. The van der Waals surface area contributed by atoms with E-state index in [1.165, 1.54) is 0 Å². The first-order valence-corrected chi connectivity index (χ1v) is 9.45. The molecule has 0 saturated carbocycles. The van der Waals surface area contributed by atoms with Gasteiger partial charge in [-0.3, -0.25) is 9.69 Å². The van der Waals surface area contributed by atoms with Crippen LogP contribution in [0.3, 0.4) is 0 Å². The van der Waals surface area contributed by atoms with Gasteiger partial charge in [0.25, 0.3) is 5.91 Å². The fourth-order valence-corrected chi connectivity index (χ4v) is 2.80. The first-order chi connectivity index (χ1) is 11.9. The number of aromatic nitrogens is 1. The smallest absolute Gasteiger partial charge is 0.257 e. The lowest BCUT2D eigenvalue weighted by Crippen LogP contribution is -2.49. The Labute approximate surface area is 153 Å². The van der Waals surface area contributed by atoms with Crippen molar-refractivity contribution in [2.24, 2.45) is 0 Å². The molecule has 0 spiro atoms. The molecule has 6 nitrogen and oxygen atoms in total. The molecule has 0 atom stereocenters. The monoisotopic (exact) mass is 349 g/mol. The average Bonchev–Trinajstić information content (AvgIpc) is 2.63. The molecule has 1 amide bonds. The maximum Gasteiger partial charge on any atom is 0.257 e. The Morgan fingerprint density at radius 2 is 1.84 bits per heavy atom. The highest BCUT2D eigenvalue weighted by atomic mass is 16.2. The number of nitrogen functional groups attached to an aromatic ring is 1. The van der Waals surface area contributed by atoms with E-state index < -0.39 is 0 Å². The molecule has 0 bridgehead atoms. The minimum Gasteiger partial charge on any atom is -0.384 e. The standard InChI is InChI=1S/C17H29N5O.C2H6/c1-5-8-21-9-11-22(12-10-21)17(23)14-6-7-15(18)19-16(14)20(4)13(2)3;1-2/h6-7,13H,5,8-12H2,1-4H3,(H2,18,19);1-2H3. The summed E-state index contributed by atoms with van der Waals surface area (Å²) in [6.07, 6.45) is 1.15. The second kappa shape index (κ2) is 10.2. The third kappa shape index (κ3) is 5.59. The number of carbonyl (C=O) groups is 1. The first kappa shape index (κ1) is 21.2. The molecule has 1 aliphatic rings. The Bertz CT molecular complexity index is 539. The van der Waals surface area contributed by atoms with Crippen LogP contribution in [-0.2, 0) is 0 Å². The number of nitrogens with zero attached hydrogens (tertiary/aromatic N) is 4. The molecular formula is C19H35N5O. The van der Waals surface area contributed by atoms with Crippen molar-refractivity contribution in [3.8, 4) is 0 Å². The van der Waals surface area contributed by atoms with Crippen molar-refractivity contribution in [1.29, 1.82) is 0 Å². The van der Waals surface area contributed by atoms with Crippen molar-refractivity contribution in [1.82, 2.24) is 14.8 Å². The van der Waals surface area contributed by atoms with E-state index in [-0.39, 0.29) is 11.9 Å². The lowest BCUT2D eigenvalue weighted by molar-refractivity contribution is 0.0638. The van der Waals surface area contributed by atoms with Crippen LogP contribution in [0.1, 0.15) is 51.4 Å². The summed E-state index contributed by atoms with van der Waals surface area (Å²) in [6, 6.07) is 3.76. The second-order valence-corrected chi connectivity index (χ2v) is 6.45. The molecule has 142 valence electrons. The largest absolute Gasteiger partial charge is 0.384 e. The van der Waals surface area contributed by atoms with E-state index in [0.29, 0.717) is 17.2 Å². The predicted octanol–water partition coefficient (Wildman–Crippen LogP) is 2.70. The molecule has 2 heterocycles. The van der Waals surface area contributed by atoms with Crippen molar-refractivity contribution < 1.29 is 4.79 Å². The SMILES string of the molecule is CC.CCCN1CCN(C(=O)c2ccc(N)nc2N(C)C(C)C)CC1. The van der Waals surface area contributed by atoms with E-state index in [1.54, 1.807) is 12.1 Å². The Kier molecular flexibility index (Phi) is 8.69. The Morgan fingerprint density at radius 1 is 1.24 bits per heavy atom. The summed E-state index contributed by atoms with van der Waals surface area (Å²) >= 11 is 0. The third-order valence-electron chi connectivity index (χ3n) is 4.44. The number of carbonyl (C=O) groups excluding carboxylic acids is 1. The highest BCUT2D eigenvalue weighted by Crippen LogP contribution is 2.22. The summed E-state index contributed by atoms with van der Waals surface area (Å²) in [6.45, 7) is 14.9. The molecule has 1 aromatic heterocycles. The molecule has 2 N–H and O–H groups in total. The minimum atomic E-state index is 0.0520. The van der Waals surface area contributed by atoms with Crippen molar-refractivity contribution in [3.05, 3.63) is 17.7 Å². The molecule has 1 saturated heterocycles. The van der Waals surface area contributed by atoms with Crippen LogP contribution >= 0.6 is 0 Å².